The van der Waals surface area contributed by atoms with Crippen molar-refractivity contribution in [3.05, 3.63) is 78.0 Å². The molecule has 168 valence electrons. The number of amides is 1. The van der Waals surface area contributed by atoms with Crippen molar-refractivity contribution in [3.63, 3.8) is 0 Å². The van der Waals surface area contributed by atoms with Crippen LogP contribution in [0.25, 0.3) is 10.2 Å². The molecule has 2 aromatic carbocycles. The number of anilines is 2. The molecule has 0 saturated carbocycles. The van der Waals surface area contributed by atoms with Gasteiger partial charge in [-0.2, -0.15) is 0 Å². The van der Waals surface area contributed by atoms with Gasteiger partial charge in [-0.1, -0.05) is 36.0 Å². The van der Waals surface area contributed by atoms with E-state index in [4.69, 9.17) is 0 Å². The third-order valence-electron chi connectivity index (χ3n) is 5.69. The minimum atomic E-state index is -0.130. The van der Waals surface area contributed by atoms with Gasteiger partial charge in [0.25, 0.3) is 5.91 Å². The zero-order valence-corrected chi connectivity index (χ0v) is 20.0. The van der Waals surface area contributed by atoms with Crippen LogP contribution in [0, 0.1) is 0 Å². The number of carbonyl (C=O) groups is 1. The quantitative estimate of drug-likeness (QED) is 0.397. The molecule has 0 unspecified atom stereocenters. The third-order valence-corrected chi connectivity index (χ3v) is 7.94. The van der Waals surface area contributed by atoms with E-state index in [1.807, 2.05) is 54.6 Å². The average Bonchev–Trinajstić information content (AvgIpc) is 3.27. The Morgan fingerprint density at radius 2 is 1.82 bits per heavy atom. The second-order valence-electron chi connectivity index (χ2n) is 8.08. The zero-order chi connectivity index (χ0) is 22.6. The highest BCUT2D eigenvalue weighted by molar-refractivity contribution is 8.00. The van der Waals surface area contributed by atoms with Crippen molar-refractivity contribution in [2.75, 3.05) is 43.4 Å². The molecule has 1 aliphatic rings. The normalized spacial score (nSPS) is 14.5. The predicted octanol–water partition coefficient (Wildman–Crippen LogP) is 4.99. The molecule has 4 aromatic rings. The first-order chi connectivity index (χ1) is 16.1. The van der Waals surface area contributed by atoms with Crippen LogP contribution < -0.4 is 10.2 Å². The molecule has 3 heterocycles. The average molecular weight is 476 g/mol. The lowest BCUT2D eigenvalue weighted by Crippen LogP contribution is -2.44. The topological polar surface area (TPSA) is 61.4 Å². The van der Waals surface area contributed by atoms with E-state index in [1.54, 1.807) is 29.3 Å². The Bertz CT molecular complexity index is 1200. The summed E-state index contributed by atoms with van der Waals surface area (Å²) in [5.41, 5.74) is 3.54. The van der Waals surface area contributed by atoms with Crippen LogP contribution in [0.3, 0.4) is 0 Å². The van der Waals surface area contributed by atoms with Gasteiger partial charge in [-0.3, -0.25) is 4.79 Å². The number of nitrogens with one attached hydrogen (secondary N) is 1. The minimum Gasteiger partial charge on any atom is -0.354 e. The van der Waals surface area contributed by atoms with Gasteiger partial charge in [-0.05, 0) is 49.0 Å². The fourth-order valence-corrected chi connectivity index (χ4v) is 5.72. The van der Waals surface area contributed by atoms with Crippen LogP contribution >= 0.6 is 23.1 Å². The second kappa shape index (κ2) is 9.91. The summed E-state index contributed by atoms with van der Waals surface area (Å²) in [4.78, 5) is 26.5. The lowest BCUT2D eigenvalue weighted by molar-refractivity contribution is 0.102. The summed E-state index contributed by atoms with van der Waals surface area (Å²) in [6.07, 6.45) is 1.73. The molecule has 0 spiro atoms. The standard InChI is InChI=1S/C25H25N5OS2/c1-29-12-14-30(15-13-29)23-11-10-20(16-26-23)27-24(31)19-8-6-18(7-9-19)17-32-25-28-21-4-2-3-5-22(21)33-25/h2-11,16H,12-15,17H2,1H3,(H,27,31). The number of likely N-dealkylation sites (N-methyl/N-ethyl adjacent to an activating group) is 1. The van der Waals surface area contributed by atoms with Gasteiger partial charge in [0.1, 0.15) is 5.82 Å². The van der Waals surface area contributed by atoms with Crippen LogP contribution in [0.2, 0.25) is 0 Å². The van der Waals surface area contributed by atoms with E-state index in [0.29, 0.717) is 11.3 Å². The second-order valence-corrected chi connectivity index (χ2v) is 10.3. The molecule has 5 rings (SSSR count). The lowest BCUT2D eigenvalue weighted by Gasteiger charge is -2.33. The van der Waals surface area contributed by atoms with Gasteiger partial charge < -0.3 is 15.1 Å². The summed E-state index contributed by atoms with van der Waals surface area (Å²) in [5, 5.41) is 2.95. The highest BCUT2D eigenvalue weighted by atomic mass is 32.2. The number of piperazine rings is 1. The summed E-state index contributed by atoms with van der Waals surface area (Å²) >= 11 is 3.43. The Morgan fingerprint density at radius 1 is 1.03 bits per heavy atom. The van der Waals surface area contributed by atoms with E-state index in [1.165, 1.54) is 4.70 Å². The van der Waals surface area contributed by atoms with E-state index < -0.39 is 0 Å². The van der Waals surface area contributed by atoms with E-state index in [0.717, 1.165) is 53.2 Å². The van der Waals surface area contributed by atoms with Crippen LogP contribution in [-0.2, 0) is 5.75 Å². The highest BCUT2D eigenvalue weighted by Gasteiger charge is 2.15. The first-order valence-electron chi connectivity index (χ1n) is 10.9. The van der Waals surface area contributed by atoms with Gasteiger partial charge in [0, 0.05) is 37.5 Å². The number of hydrogen-bond acceptors (Lipinski definition) is 7. The first-order valence-corrected chi connectivity index (χ1v) is 12.7. The van der Waals surface area contributed by atoms with Crippen molar-refractivity contribution in [1.29, 1.82) is 0 Å². The third kappa shape index (κ3) is 5.35. The van der Waals surface area contributed by atoms with Crippen molar-refractivity contribution in [1.82, 2.24) is 14.9 Å². The van der Waals surface area contributed by atoms with Crippen LogP contribution in [-0.4, -0.2) is 54.0 Å². The number of carbonyl (C=O) groups excluding carboxylic acids is 1. The Hall–Kier alpha value is -2.94. The number of thiazole rings is 1. The summed E-state index contributed by atoms with van der Waals surface area (Å²) < 4.78 is 2.27. The number of pyridine rings is 1. The molecule has 1 N–H and O–H groups in total. The van der Waals surface area contributed by atoms with Gasteiger partial charge >= 0.3 is 0 Å². The minimum absolute atomic E-state index is 0.130. The van der Waals surface area contributed by atoms with Gasteiger partial charge in [0.15, 0.2) is 4.34 Å². The SMILES string of the molecule is CN1CCN(c2ccc(NC(=O)c3ccc(CSc4nc5ccccc5s4)cc3)cn2)CC1. The Labute approximate surface area is 201 Å². The largest absolute Gasteiger partial charge is 0.354 e. The Morgan fingerprint density at radius 3 is 2.55 bits per heavy atom. The lowest BCUT2D eigenvalue weighted by atomic mass is 10.1. The van der Waals surface area contributed by atoms with Gasteiger partial charge in [-0.25, -0.2) is 9.97 Å². The fraction of sp³-hybridized carbons (Fsp3) is 0.240. The van der Waals surface area contributed by atoms with E-state index in [2.05, 4.69) is 38.2 Å². The molecule has 1 aliphatic heterocycles. The molecule has 0 bridgehead atoms. The molecule has 2 aromatic heterocycles. The maximum atomic E-state index is 12.7. The van der Waals surface area contributed by atoms with Crippen LogP contribution in [0.5, 0.6) is 0 Å². The summed E-state index contributed by atoms with van der Waals surface area (Å²) in [6, 6.07) is 19.8. The molecule has 1 saturated heterocycles. The number of thioether (sulfide) groups is 1. The van der Waals surface area contributed by atoms with Gasteiger partial charge in [-0.15, -0.1) is 11.3 Å². The number of hydrogen-bond donors (Lipinski definition) is 1. The number of fused-ring (bicyclic) bond motifs is 1. The number of nitrogens with zero attached hydrogens (tertiary/aromatic N) is 4. The summed E-state index contributed by atoms with van der Waals surface area (Å²) in [7, 11) is 2.14. The smallest absolute Gasteiger partial charge is 0.255 e. The molecular weight excluding hydrogens is 450 g/mol. The van der Waals surface area contributed by atoms with Crippen molar-refractivity contribution >= 4 is 50.7 Å². The maximum Gasteiger partial charge on any atom is 0.255 e. The number of benzene rings is 2. The van der Waals surface area contributed by atoms with E-state index in [9.17, 15) is 4.79 Å². The van der Waals surface area contributed by atoms with Crippen molar-refractivity contribution < 1.29 is 4.79 Å². The van der Waals surface area contributed by atoms with Crippen molar-refractivity contribution in [2.45, 2.75) is 10.1 Å². The summed E-state index contributed by atoms with van der Waals surface area (Å²) in [5.74, 6) is 1.64. The van der Waals surface area contributed by atoms with Gasteiger partial charge in [0.2, 0.25) is 0 Å². The molecule has 0 aliphatic carbocycles. The van der Waals surface area contributed by atoms with Crippen molar-refractivity contribution in [3.8, 4) is 0 Å². The molecule has 0 radical (unpaired) electrons. The molecule has 6 nitrogen and oxygen atoms in total. The Kier molecular flexibility index (Phi) is 6.57. The predicted molar refractivity (Wildman–Crippen MR) is 138 cm³/mol. The molecular formula is C25H25N5OS2. The van der Waals surface area contributed by atoms with Gasteiger partial charge in [0.05, 0.1) is 22.1 Å². The van der Waals surface area contributed by atoms with Crippen LogP contribution in [0.1, 0.15) is 15.9 Å². The highest BCUT2D eigenvalue weighted by Crippen LogP contribution is 2.31. The van der Waals surface area contributed by atoms with Crippen molar-refractivity contribution in [2.24, 2.45) is 0 Å². The number of para-hydroxylation sites is 1. The van der Waals surface area contributed by atoms with E-state index in [-0.39, 0.29) is 5.91 Å². The molecule has 1 amide bonds. The first kappa shape index (κ1) is 21.9. The molecule has 8 heteroatoms. The molecule has 0 atom stereocenters. The number of aromatic nitrogens is 2. The molecule has 1 fully saturated rings. The van der Waals surface area contributed by atoms with Crippen LogP contribution in [0.4, 0.5) is 11.5 Å². The Balaban J connectivity index is 1.15. The summed E-state index contributed by atoms with van der Waals surface area (Å²) in [6.45, 7) is 4.02. The fourth-order valence-electron chi connectivity index (χ4n) is 3.70. The maximum absolute atomic E-state index is 12.7. The van der Waals surface area contributed by atoms with E-state index >= 15 is 0 Å². The number of rotatable bonds is 6. The monoisotopic (exact) mass is 475 g/mol. The van der Waals surface area contributed by atoms with Crippen LogP contribution in [0.15, 0.2) is 71.2 Å². The zero-order valence-electron chi connectivity index (χ0n) is 18.4. The molecule has 33 heavy (non-hydrogen) atoms.